The normalized spacial score (nSPS) is 17.3. The fourth-order valence-corrected chi connectivity index (χ4v) is 3.37. The van der Waals surface area contributed by atoms with Gasteiger partial charge in [0.15, 0.2) is 6.29 Å². The molecule has 0 spiro atoms. The molecule has 0 N–H and O–H groups in total. The lowest BCUT2D eigenvalue weighted by Gasteiger charge is -2.31. The largest absolute Gasteiger partial charge is 0.296 e. The first-order chi connectivity index (χ1) is 9.37. The molecule has 1 aromatic carbocycles. The number of rotatable bonds is 3. The van der Waals surface area contributed by atoms with Crippen LogP contribution in [0.5, 0.6) is 0 Å². The lowest BCUT2D eigenvalue weighted by molar-refractivity contribution is 0.111. The van der Waals surface area contributed by atoms with Crippen molar-refractivity contribution in [3.8, 4) is 0 Å². The van der Waals surface area contributed by atoms with Gasteiger partial charge in [0.05, 0.1) is 0 Å². The van der Waals surface area contributed by atoms with Crippen molar-refractivity contribution < 1.29 is 4.79 Å². The molecule has 0 unspecified atom stereocenters. The van der Waals surface area contributed by atoms with Crippen LogP contribution in [0, 0.1) is 0 Å². The van der Waals surface area contributed by atoms with E-state index in [2.05, 4.69) is 35.3 Å². The zero-order valence-corrected chi connectivity index (χ0v) is 10.9. The number of carbonyl (C=O) groups is 1. The molecule has 0 amide bonds. The Bertz CT molecular complexity index is 571. The first-order valence-corrected chi connectivity index (χ1v) is 6.83. The summed E-state index contributed by atoms with van der Waals surface area (Å²) in [6.45, 7) is 0. The van der Waals surface area contributed by atoms with Gasteiger partial charge in [-0.1, -0.05) is 49.2 Å². The van der Waals surface area contributed by atoms with Gasteiger partial charge in [0.2, 0.25) is 0 Å². The molecule has 0 atom stereocenters. The summed E-state index contributed by atoms with van der Waals surface area (Å²) in [6.07, 6.45) is 7.20. The van der Waals surface area contributed by atoms with Crippen molar-refractivity contribution in [2.45, 2.75) is 31.1 Å². The van der Waals surface area contributed by atoms with Crippen molar-refractivity contribution in [3.63, 3.8) is 0 Å². The van der Waals surface area contributed by atoms with Crippen LogP contribution in [-0.2, 0) is 5.41 Å². The number of carbonyl (C=O) groups excluding carboxylic acids is 1. The topological polar surface area (TPSA) is 30.0 Å². The summed E-state index contributed by atoms with van der Waals surface area (Å²) in [7, 11) is 0. The average molecular weight is 251 g/mol. The predicted octanol–water partition coefficient (Wildman–Crippen LogP) is 3.75. The monoisotopic (exact) mass is 251 g/mol. The summed E-state index contributed by atoms with van der Waals surface area (Å²) >= 11 is 0. The van der Waals surface area contributed by atoms with Crippen LogP contribution in [0.4, 0.5) is 0 Å². The Morgan fingerprint density at radius 3 is 2.42 bits per heavy atom. The van der Waals surface area contributed by atoms with Crippen molar-refractivity contribution >= 4 is 6.29 Å². The molecule has 1 aromatic heterocycles. The highest BCUT2D eigenvalue weighted by atomic mass is 16.1. The molecule has 2 aromatic rings. The van der Waals surface area contributed by atoms with E-state index >= 15 is 0 Å². The molecule has 96 valence electrons. The summed E-state index contributed by atoms with van der Waals surface area (Å²) in [5.74, 6) is 0. The van der Waals surface area contributed by atoms with E-state index in [-0.39, 0.29) is 5.41 Å². The highest BCUT2D eigenvalue weighted by Crippen LogP contribution is 2.46. The number of hydrogen-bond acceptors (Lipinski definition) is 2. The summed E-state index contributed by atoms with van der Waals surface area (Å²) in [6, 6.07) is 14.5. The maximum atomic E-state index is 11.3. The Balaban J connectivity index is 2.19. The molecule has 1 fully saturated rings. The highest BCUT2D eigenvalue weighted by molar-refractivity contribution is 5.75. The molecule has 2 heteroatoms. The number of hydrogen-bond donors (Lipinski definition) is 0. The van der Waals surface area contributed by atoms with Gasteiger partial charge >= 0.3 is 0 Å². The summed E-state index contributed by atoms with van der Waals surface area (Å²) < 4.78 is 0. The molecule has 3 rings (SSSR count). The van der Waals surface area contributed by atoms with Crippen molar-refractivity contribution in [3.05, 3.63) is 65.5 Å². The number of aromatic nitrogens is 1. The minimum atomic E-state index is -0.0221. The number of nitrogens with zero attached hydrogens (tertiary/aromatic N) is 1. The molecule has 0 bridgehead atoms. The number of aldehydes is 1. The van der Waals surface area contributed by atoms with Crippen molar-refractivity contribution in [2.24, 2.45) is 0 Å². The van der Waals surface area contributed by atoms with Crippen LogP contribution in [-0.4, -0.2) is 11.3 Å². The van der Waals surface area contributed by atoms with E-state index in [0.29, 0.717) is 5.69 Å². The third-order valence-corrected chi connectivity index (χ3v) is 4.25. The molecule has 0 radical (unpaired) electrons. The Kier molecular flexibility index (Phi) is 3.16. The molecule has 0 aliphatic heterocycles. The zero-order chi connectivity index (χ0) is 13.1. The van der Waals surface area contributed by atoms with Gasteiger partial charge in [0, 0.05) is 11.6 Å². The fourth-order valence-electron chi connectivity index (χ4n) is 3.37. The van der Waals surface area contributed by atoms with Crippen molar-refractivity contribution in [2.75, 3.05) is 0 Å². The van der Waals surface area contributed by atoms with Gasteiger partial charge in [0.25, 0.3) is 0 Å². The van der Waals surface area contributed by atoms with Gasteiger partial charge in [-0.25, -0.2) is 0 Å². The zero-order valence-electron chi connectivity index (χ0n) is 10.9. The quantitative estimate of drug-likeness (QED) is 0.777. The summed E-state index contributed by atoms with van der Waals surface area (Å²) in [5.41, 5.74) is 2.97. The first kappa shape index (κ1) is 12.1. The number of pyridine rings is 1. The molecule has 1 saturated carbocycles. The molecule has 2 nitrogen and oxygen atoms in total. The third-order valence-electron chi connectivity index (χ3n) is 4.25. The van der Waals surface area contributed by atoms with Crippen LogP contribution >= 0.6 is 0 Å². The fraction of sp³-hybridized carbons (Fsp3) is 0.294. The van der Waals surface area contributed by atoms with Crippen molar-refractivity contribution in [1.82, 2.24) is 4.98 Å². The minimum absolute atomic E-state index is 0.0221. The molecule has 1 aliphatic rings. The van der Waals surface area contributed by atoms with E-state index < -0.39 is 0 Å². The van der Waals surface area contributed by atoms with Crippen LogP contribution in [0.3, 0.4) is 0 Å². The van der Waals surface area contributed by atoms with E-state index in [9.17, 15) is 4.79 Å². The minimum Gasteiger partial charge on any atom is -0.296 e. The van der Waals surface area contributed by atoms with Gasteiger partial charge in [-0.2, -0.15) is 0 Å². The second-order valence-corrected chi connectivity index (χ2v) is 5.21. The second-order valence-electron chi connectivity index (χ2n) is 5.21. The van der Waals surface area contributed by atoms with E-state index in [1.165, 1.54) is 18.4 Å². The predicted molar refractivity (Wildman–Crippen MR) is 75.3 cm³/mol. The van der Waals surface area contributed by atoms with Crippen LogP contribution in [0.15, 0.2) is 48.7 Å². The van der Waals surface area contributed by atoms with Gasteiger partial charge in [-0.15, -0.1) is 0 Å². The molecule has 0 saturated heterocycles. The molecule has 1 aliphatic carbocycles. The van der Waals surface area contributed by atoms with E-state index in [0.717, 1.165) is 24.7 Å². The maximum absolute atomic E-state index is 11.3. The third kappa shape index (κ3) is 1.97. The Morgan fingerprint density at radius 1 is 1.00 bits per heavy atom. The van der Waals surface area contributed by atoms with Crippen molar-refractivity contribution in [1.29, 1.82) is 0 Å². The van der Waals surface area contributed by atoms with Crippen LogP contribution in [0.25, 0.3) is 0 Å². The van der Waals surface area contributed by atoms with Crippen LogP contribution < -0.4 is 0 Å². The Morgan fingerprint density at radius 2 is 1.74 bits per heavy atom. The van der Waals surface area contributed by atoms with E-state index in [4.69, 9.17) is 0 Å². The van der Waals surface area contributed by atoms with Crippen LogP contribution in [0.1, 0.15) is 47.3 Å². The second kappa shape index (κ2) is 4.96. The molecular formula is C17H17NO. The highest BCUT2D eigenvalue weighted by Gasteiger charge is 2.38. The number of benzene rings is 1. The molecule has 19 heavy (non-hydrogen) atoms. The van der Waals surface area contributed by atoms with Crippen LogP contribution in [0.2, 0.25) is 0 Å². The van der Waals surface area contributed by atoms with Gasteiger partial charge < -0.3 is 0 Å². The smallest absolute Gasteiger partial charge is 0.168 e. The van der Waals surface area contributed by atoms with E-state index in [1.807, 2.05) is 12.1 Å². The van der Waals surface area contributed by atoms with Gasteiger partial charge in [-0.3, -0.25) is 9.78 Å². The first-order valence-electron chi connectivity index (χ1n) is 6.83. The Hall–Kier alpha value is -1.96. The average Bonchev–Trinajstić information content (AvgIpc) is 2.99. The molecular weight excluding hydrogens is 234 g/mol. The molecule has 1 heterocycles. The van der Waals surface area contributed by atoms with E-state index in [1.54, 1.807) is 6.20 Å². The Labute approximate surface area is 113 Å². The standard InChI is InChI=1S/C17H17NO/c19-13-16-15(9-6-12-18-16)17(10-4-5-11-17)14-7-2-1-3-8-14/h1-3,6-9,12-13H,4-5,10-11H2. The lowest BCUT2D eigenvalue weighted by atomic mass is 9.72. The summed E-state index contributed by atoms with van der Waals surface area (Å²) in [5, 5.41) is 0. The van der Waals surface area contributed by atoms with Gasteiger partial charge in [0.1, 0.15) is 5.69 Å². The SMILES string of the molecule is O=Cc1ncccc1C1(c2ccccc2)CCCC1. The lowest BCUT2D eigenvalue weighted by Crippen LogP contribution is -2.25. The van der Waals surface area contributed by atoms with Gasteiger partial charge in [-0.05, 0) is 30.0 Å². The maximum Gasteiger partial charge on any atom is 0.168 e. The summed E-state index contributed by atoms with van der Waals surface area (Å²) in [4.78, 5) is 15.5.